The van der Waals surface area contributed by atoms with E-state index in [-0.39, 0.29) is 11.8 Å². The molecule has 2 aliphatic rings. The summed E-state index contributed by atoms with van der Waals surface area (Å²) in [5.74, 6) is 0.666. The van der Waals surface area contributed by atoms with Crippen LogP contribution >= 0.6 is 0 Å². The second kappa shape index (κ2) is 10.0. The number of piperidine rings is 1. The Morgan fingerprint density at radius 1 is 0.893 bits per heavy atom. The van der Waals surface area contributed by atoms with E-state index in [4.69, 9.17) is 0 Å². The highest BCUT2D eigenvalue weighted by Crippen LogP contribution is 2.23. The molecular formula is C22H34N4O2. The minimum atomic E-state index is 0.0333. The summed E-state index contributed by atoms with van der Waals surface area (Å²) in [4.78, 5) is 31.3. The van der Waals surface area contributed by atoms with Crippen LogP contribution in [-0.4, -0.2) is 78.9 Å². The predicted octanol–water partition coefficient (Wildman–Crippen LogP) is 2.38. The Balaban J connectivity index is 1.41. The molecule has 6 nitrogen and oxygen atoms in total. The summed E-state index contributed by atoms with van der Waals surface area (Å²) in [7, 11) is 0. The number of likely N-dealkylation sites (tertiary alicyclic amines) is 1. The minimum absolute atomic E-state index is 0.0333. The van der Waals surface area contributed by atoms with Crippen molar-refractivity contribution in [3.8, 4) is 0 Å². The number of nitrogens with one attached hydrogen (secondary N) is 1. The van der Waals surface area contributed by atoms with Crippen LogP contribution in [0.3, 0.4) is 0 Å². The molecule has 2 saturated heterocycles. The molecule has 0 radical (unpaired) electrons. The maximum atomic E-state index is 12.5. The molecule has 0 unspecified atom stereocenters. The number of rotatable bonds is 6. The van der Waals surface area contributed by atoms with Crippen LogP contribution in [0.4, 0.5) is 5.69 Å². The lowest BCUT2D eigenvalue weighted by atomic mass is 10.0. The Hall–Kier alpha value is -1.92. The van der Waals surface area contributed by atoms with E-state index in [1.165, 1.54) is 6.42 Å². The molecule has 0 aromatic heterocycles. The van der Waals surface area contributed by atoms with Crippen molar-refractivity contribution in [1.29, 1.82) is 0 Å². The zero-order valence-electron chi connectivity index (χ0n) is 17.3. The van der Waals surface area contributed by atoms with Crippen molar-refractivity contribution < 1.29 is 9.59 Å². The first kappa shape index (κ1) is 20.8. The van der Waals surface area contributed by atoms with Gasteiger partial charge in [0.2, 0.25) is 11.8 Å². The van der Waals surface area contributed by atoms with E-state index in [0.29, 0.717) is 19.0 Å². The Morgan fingerprint density at radius 3 is 2.14 bits per heavy atom. The number of amides is 2. The molecule has 1 N–H and O–H groups in total. The lowest BCUT2D eigenvalue weighted by molar-refractivity contribution is -0.134. The van der Waals surface area contributed by atoms with Crippen LogP contribution in [0.5, 0.6) is 0 Å². The van der Waals surface area contributed by atoms with Gasteiger partial charge in [-0.15, -0.1) is 0 Å². The highest BCUT2D eigenvalue weighted by Gasteiger charge is 2.23. The largest absolute Gasteiger partial charge is 0.342 e. The topological polar surface area (TPSA) is 55.9 Å². The van der Waals surface area contributed by atoms with Gasteiger partial charge in [-0.25, -0.2) is 0 Å². The summed E-state index contributed by atoms with van der Waals surface area (Å²) in [6.45, 7) is 10.4. The zero-order valence-corrected chi connectivity index (χ0v) is 17.3. The lowest BCUT2D eigenvalue weighted by Gasteiger charge is -2.35. The normalized spacial score (nSPS) is 19.0. The lowest BCUT2D eigenvalue weighted by Crippen LogP contribution is -2.51. The third-order valence-electron chi connectivity index (χ3n) is 5.76. The van der Waals surface area contributed by atoms with E-state index in [1.54, 1.807) is 0 Å². The average molecular weight is 387 g/mol. The maximum absolute atomic E-state index is 12.5. The van der Waals surface area contributed by atoms with Gasteiger partial charge in [0.15, 0.2) is 0 Å². The molecule has 28 heavy (non-hydrogen) atoms. The Morgan fingerprint density at radius 2 is 1.50 bits per heavy atom. The molecule has 1 aromatic rings. The van der Waals surface area contributed by atoms with Gasteiger partial charge < -0.3 is 10.2 Å². The van der Waals surface area contributed by atoms with Crippen LogP contribution in [0.2, 0.25) is 0 Å². The second-order valence-corrected chi connectivity index (χ2v) is 8.28. The van der Waals surface area contributed by atoms with Gasteiger partial charge in [0.25, 0.3) is 0 Å². The second-order valence-electron chi connectivity index (χ2n) is 8.28. The molecular weight excluding hydrogens is 352 g/mol. The number of nitrogens with zero attached hydrogens (tertiary/aromatic N) is 3. The molecule has 0 saturated carbocycles. The Labute approximate surface area is 168 Å². The molecule has 2 amide bonds. The number of benzene rings is 1. The minimum Gasteiger partial charge on any atom is -0.342 e. The van der Waals surface area contributed by atoms with Crippen LogP contribution in [0.15, 0.2) is 24.3 Å². The maximum Gasteiger partial charge on any atom is 0.238 e. The smallest absolute Gasteiger partial charge is 0.238 e. The van der Waals surface area contributed by atoms with E-state index in [9.17, 15) is 9.59 Å². The molecule has 2 aliphatic heterocycles. The number of carbonyl (C=O) groups excluding carboxylic acids is 2. The highest BCUT2D eigenvalue weighted by atomic mass is 16.2. The quantitative estimate of drug-likeness (QED) is 0.816. The first-order valence-corrected chi connectivity index (χ1v) is 10.6. The van der Waals surface area contributed by atoms with Crippen LogP contribution in [-0.2, 0) is 9.59 Å². The van der Waals surface area contributed by atoms with Crippen molar-refractivity contribution in [3.05, 3.63) is 29.8 Å². The van der Waals surface area contributed by atoms with Gasteiger partial charge in [-0.2, -0.15) is 0 Å². The number of hydrogen-bond donors (Lipinski definition) is 1. The Kier molecular flexibility index (Phi) is 7.45. The Bertz CT molecular complexity index is 662. The molecule has 1 aromatic carbocycles. The molecule has 2 heterocycles. The predicted molar refractivity (Wildman–Crippen MR) is 112 cm³/mol. The highest BCUT2D eigenvalue weighted by molar-refractivity contribution is 5.93. The SMILES string of the molecule is CC(C)c1ccccc1NC(=O)CN1CCN(CC(=O)N2CCCCC2)CC1. The van der Waals surface area contributed by atoms with Gasteiger partial charge in [-0.1, -0.05) is 32.0 Å². The summed E-state index contributed by atoms with van der Waals surface area (Å²) >= 11 is 0. The van der Waals surface area contributed by atoms with Gasteiger partial charge in [0, 0.05) is 45.0 Å². The van der Waals surface area contributed by atoms with Crippen molar-refractivity contribution in [2.24, 2.45) is 0 Å². The molecule has 6 heteroatoms. The van der Waals surface area contributed by atoms with E-state index < -0.39 is 0 Å². The van der Waals surface area contributed by atoms with Gasteiger partial charge in [-0.05, 0) is 36.8 Å². The van der Waals surface area contributed by atoms with Gasteiger partial charge >= 0.3 is 0 Å². The van der Waals surface area contributed by atoms with Gasteiger partial charge in [0.1, 0.15) is 0 Å². The third-order valence-corrected chi connectivity index (χ3v) is 5.76. The van der Waals surface area contributed by atoms with E-state index in [2.05, 4.69) is 35.0 Å². The zero-order chi connectivity index (χ0) is 19.9. The first-order chi connectivity index (χ1) is 13.5. The van der Waals surface area contributed by atoms with Crippen molar-refractivity contribution in [2.75, 3.05) is 57.7 Å². The van der Waals surface area contributed by atoms with Gasteiger partial charge in [-0.3, -0.25) is 19.4 Å². The fraction of sp³-hybridized carbons (Fsp3) is 0.636. The van der Waals surface area contributed by atoms with Gasteiger partial charge in [0.05, 0.1) is 13.1 Å². The standard InChI is InChI=1S/C22H34N4O2/c1-18(2)19-8-4-5-9-20(19)23-21(27)16-24-12-14-25(15-13-24)17-22(28)26-10-6-3-7-11-26/h4-5,8-9,18H,3,6-7,10-17H2,1-2H3,(H,23,27). The molecule has 0 atom stereocenters. The summed E-state index contributed by atoms with van der Waals surface area (Å²) in [5, 5.41) is 3.07. The summed E-state index contributed by atoms with van der Waals surface area (Å²) in [5.41, 5.74) is 2.07. The molecule has 0 spiro atoms. The van der Waals surface area contributed by atoms with Crippen LogP contribution in [0, 0.1) is 0 Å². The fourth-order valence-electron chi connectivity index (χ4n) is 4.05. The van der Waals surface area contributed by atoms with Crippen molar-refractivity contribution in [2.45, 2.75) is 39.0 Å². The molecule has 2 fully saturated rings. The monoisotopic (exact) mass is 386 g/mol. The molecule has 0 bridgehead atoms. The van der Waals surface area contributed by atoms with E-state index in [0.717, 1.165) is 63.4 Å². The summed E-state index contributed by atoms with van der Waals surface area (Å²) in [6.07, 6.45) is 3.51. The third kappa shape index (κ3) is 5.79. The molecule has 3 rings (SSSR count). The van der Waals surface area contributed by atoms with Crippen molar-refractivity contribution >= 4 is 17.5 Å². The van der Waals surface area contributed by atoms with Crippen LogP contribution in [0.25, 0.3) is 0 Å². The van der Waals surface area contributed by atoms with Crippen LogP contribution in [0.1, 0.15) is 44.6 Å². The van der Waals surface area contributed by atoms with E-state index >= 15 is 0 Å². The number of hydrogen-bond acceptors (Lipinski definition) is 4. The van der Waals surface area contributed by atoms with E-state index in [1.807, 2.05) is 23.1 Å². The average Bonchev–Trinajstić information content (AvgIpc) is 2.70. The number of anilines is 1. The molecule has 0 aliphatic carbocycles. The summed E-state index contributed by atoms with van der Waals surface area (Å²) < 4.78 is 0. The number of carbonyl (C=O) groups is 2. The molecule has 154 valence electrons. The first-order valence-electron chi connectivity index (χ1n) is 10.6. The van der Waals surface area contributed by atoms with Crippen molar-refractivity contribution in [1.82, 2.24) is 14.7 Å². The number of piperazine rings is 1. The number of para-hydroxylation sites is 1. The van der Waals surface area contributed by atoms with Crippen LogP contribution < -0.4 is 5.32 Å². The fourth-order valence-corrected chi connectivity index (χ4v) is 4.05. The summed E-state index contributed by atoms with van der Waals surface area (Å²) in [6, 6.07) is 8.00. The van der Waals surface area contributed by atoms with Crippen molar-refractivity contribution in [3.63, 3.8) is 0 Å².